The van der Waals surface area contributed by atoms with Crippen molar-refractivity contribution in [3.05, 3.63) is 104 Å². The SMILES string of the molecule is CN1C=C(c2ccc(Cl)cc2Cl)C(c2ccc(Cl)cc2)N1S(=O)(=O)c1ccc(Cl)cc1. The fraction of sp³-hybridized carbons (Fsp3) is 0.0909. The van der Waals surface area contributed by atoms with Crippen molar-refractivity contribution in [3.63, 3.8) is 0 Å². The number of hydrazine groups is 1. The highest BCUT2D eigenvalue weighted by Gasteiger charge is 2.42. The van der Waals surface area contributed by atoms with Crippen LogP contribution < -0.4 is 0 Å². The number of sulfonamides is 1. The Labute approximate surface area is 201 Å². The molecule has 0 amide bonds. The second-order valence-corrected chi connectivity index (χ2v) is 10.5. The first kappa shape index (κ1) is 22.5. The molecule has 4 nitrogen and oxygen atoms in total. The average Bonchev–Trinajstić information content (AvgIpc) is 3.06. The highest BCUT2D eigenvalue weighted by Crippen LogP contribution is 2.46. The van der Waals surface area contributed by atoms with E-state index < -0.39 is 16.1 Å². The van der Waals surface area contributed by atoms with Crippen LogP contribution in [0.3, 0.4) is 0 Å². The molecule has 0 bridgehead atoms. The zero-order chi connectivity index (χ0) is 22.3. The summed E-state index contributed by atoms with van der Waals surface area (Å²) in [5, 5.41) is 3.47. The molecule has 1 aliphatic heterocycles. The molecule has 9 heteroatoms. The van der Waals surface area contributed by atoms with Crippen LogP contribution in [0.15, 0.2) is 77.8 Å². The fourth-order valence-corrected chi connectivity index (χ4v) is 5.91. The van der Waals surface area contributed by atoms with Gasteiger partial charge in [0.25, 0.3) is 10.0 Å². The molecule has 0 aromatic heterocycles. The van der Waals surface area contributed by atoms with Gasteiger partial charge in [0.15, 0.2) is 0 Å². The lowest BCUT2D eigenvalue weighted by Gasteiger charge is -2.31. The Balaban J connectivity index is 1.88. The Morgan fingerprint density at radius 3 is 1.90 bits per heavy atom. The van der Waals surface area contributed by atoms with Crippen molar-refractivity contribution >= 4 is 62.0 Å². The first-order valence-electron chi connectivity index (χ1n) is 9.14. The molecule has 3 aromatic carbocycles. The van der Waals surface area contributed by atoms with Gasteiger partial charge in [0.1, 0.15) is 0 Å². The van der Waals surface area contributed by atoms with Crippen LogP contribution in [0, 0.1) is 0 Å². The minimum absolute atomic E-state index is 0.125. The van der Waals surface area contributed by atoms with Gasteiger partial charge in [0, 0.05) is 38.9 Å². The van der Waals surface area contributed by atoms with Crippen molar-refractivity contribution in [2.45, 2.75) is 10.9 Å². The zero-order valence-electron chi connectivity index (χ0n) is 16.1. The number of benzene rings is 3. The van der Waals surface area contributed by atoms with Crippen molar-refractivity contribution in [2.24, 2.45) is 0 Å². The van der Waals surface area contributed by atoms with Crippen LogP contribution in [-0.4, -0.2) is 24.9 Å². The molecule has 3 aromatic rings. The predicted molar refractivity (Wildman–Crippen MR) is 127 cm³/mol. The summed E-state index contributed by atoms with van der Waals surface area (Å²) in [6, 6.07) is 17.6. The molecule has 0 aliphatic carbocycles. The van der Waals surface area contributed by atoms with Crippen LogP contribution in [0.4, 0.5) is 0 Å². The van der Waals surface area contributed by atoms with E-state index in [0.29, 0.717) is 31.2 Å². The Hall–Kier alpha value is -1.73. The summed E-state index contributed by atoms with van der Waals surface area (Å²) in [4.78, 5) is 0.125. The molecule has 1 unspecified atom stereocenters. The standard InChI is InChI=1S/C22H16Cl4N2O2S/c1-27-13-20(19-11-8-17(25)12-21(19)26)22(14-2-4-15(23)5-3-14)28(27)31(29,30)18-9-6-16(24)7-10-18/h2-13,22H,1H3. The van der Waals surface area contributed by atoms with E-state index in [2.05, 4.69) is 0 Å². The molecule has 1 atom stereocenters. The molecule has 31 heavy (non-hydrogen) atoms. The number of hydrogen-bond acceptors (Lipinski definition) is 3. The molecular weight excluding hydrogens is 498 g/mol. The van der Waals surface area contributed by atoms with Crippen LogP contribution >= 0.6 is 46.4 Å². The van der Waals surface area contributed by atoms with Gasteiger partial charge >= 0.3 is 0 Å². The molecule has 0 spiro atoms. The van der Waals surface area contributed by atoms with E-state index >= 15 is 0 Å². The lowest BCUT2D eigenvalue weighted by atomic mass is 9.95. The highest BCUT2D eigenvalue weighted by molar-refractivity contribution is 7.89. The van der Waals surface area contributed by atoms with E-state index in [9.17, 15) is 8.42 Å². The second kappa shape index (κ2) is 8.66. The first-order chi connectivity index (χ1) is 14.7. The molecule has 4 rings (SSSR count). The Bertz CT molecular complexity index is 1260. The van der Waals surface area contributed by atoms with E-state index in [0.717, 1.165) is 5.56 Å². The molecule has 160 valence electrons. The van der Waals surface area contributed by atoms with Gasteiger partial charge in [0.05, 0.1) is 10.9 Å². The molecule has 0 saturated heterocycles. The Kier molecular flexibility index (Phi) is 6.28. The average molecular weight is 514 g/mol. The van der Waals surface area contributed by atoms with E-state index in [1.165, 1.54) is 16.5 Å². The van der Waals surface area contributed by atoms with Gasteiger partial charge < -0.3 is 5.01 Å². The van der Waals surface area contributed by atoms with Gasteiger partial charge in [-0.15, -0.1) is 0 Å². The van der Waals surface area contributed by atoms with Crippen LogP contribution in [0.1, 0.15) is 17.2 Å². The predicted octanol–water partition coefficient (Wildman–Crippen LogP) is 6.93. The lowest BCUT2D eigenvalue weighted by Crippen LogP contribution is -2.40. The van der Waals surface area contributed by atoms with Crippen LogP contribution in [0.2, 0.25) is 20.1 Å². The van der Waals surface area contributed by atoms with Crippen LogP contribution in [0.25, 0.3) is 5.57 Å². The quantitative estimate of drug-likeness (QED) is 0.379. The zero-order valence-corrected chi connectivity index (χ0v) is 20.0. The molecule has 0 saturated carbocycles. The van der Waals surface area contributed by atoms with Crippen molar-refractivity contribution in [2.75, 3.05) is 7.05 Å². The summed E-state index contributed by atoms with van der Waals surface area (Å²) in [5.41, 5.74) is 2.14. The molecule has 0 N–H and O–H groups in total. The van der Waals surface area contributed by atoms with Crippen LogP contribution in [-0.2, 0) is 10.0 Å². The van der Waals surface area contributed by atoms with Crippen LogP contribution in [0.5, 0.6) is 0 Å². The van der Waals surface area contributed by atoms with E-state index in [-0.39, 0.29) is 4.90 Å². The monoisotopic (exact) mass is 512 g/mol. The second-order valence-electron chi connectivity index (χ2n) is 6.97. The number of halogens is 4. The third-order valence-corrected chi connectivity index (χ3v) is 7.82. The summed E-state index contributed by atoms with van der Waals surface area (Å²) >= 11 is 24.6. The highest BCUT2D eigenvalue weighted by atomic mass is 35.5. The van der Waals surface area contributed by atoms with Crippen molar-refractivity contribution < 1.29 is 8.42 Å². The maximum Gasteiger partial charge on any atom is 0.260 e. The van der Waals surface area contributed by atoms with E-state index in [4.69, 9.17) is 46.4 Å². The van der Waals surface area contributed by atoms with Crippen molar-refractivity contribution in [1.29, 1.82) is 0 Å². The summed E-state index contributed by atoms with van der Waals surface area (Å²) in [6.07, 6.45) is 1.75. The number of rotatable bonds is 4. The Morgan fingerprint density at radius 2 is 1.32 bits per heavy atom. The summed E-state index contributed by atoms with van der Waals surface area (Å²) in [5.74, 6) is 0. The number of hydrogen-bond donors (Lipinski definition) is 0. The third kappa shape index (κ3) is 4.31. The molecule has 0 radical (unpaired) electrons. The first-order valence-corrected chi connectivity index (χ1v) is 12.1. The Morgan fingerprint density at radius 1 is 0.774 bits per heavy atom. The minimum atomic E-state index is -3.93. The van der Waals surface area contributed by atoms with Crippen molar-refractivity contribution in [3.8, 4) is 0 Å². The minimum Gasteiger partial charge on any atom is -0.301 e. The van der Waals surface area contributed by atoms with Gasteiger partial charge in [-0.2, -0.15) is 0 Å². The van der Waals surface area contributed by atoms with E-state index in [1.807, 2.05) is 0 Å². The molecule has 1 aliphatic rings. The third-order valence-electron chi connectivity index (χ3n) is 4.94. The van der Waals surface area contributed by atoms with Gasteiger partial charge in [-0.25, -0.2) is 8.42 Å². The summed E-state index contributed by atoms with van der Waals surface area (Å²) in [6.45, 7) is 0. The lowest BCUT2D eigenvalue weighted by molar-refractivity contribution is 0.151. The van der Waals surface area contributed by atoms with Gasteiger partial charge in [-0.05, 0) is 59.7 Å². The fourth-order valence-electron chi connectivity index (χ4n) is 3.55. The largest absolute Gasteiger partial charge is 0.301 e. The van der Waals surface area contributed by atoms with Gasteiger partial charge in [-0.3, -0.25) is 0 Å². The van der Waals surface area contributed by atoms with Gasteiger partial charge in [-0.1, -0.05) is 69.0 Å². The topological polar surface area (TPSA) is 40.6 Å². The molecule has 0 fully saturated rings. The molecular formula is C22H16Cl4N2O2S. The maximum absolute atomic E-state index is 13.7. The van der Waals surface area contributed by atoms with E-state index in [1.54, 1.807) is 72.9 Å². The smallest absolute Gasteiger partial charge is 0.260 e. The summed E-state index contributed by atoms with van der Waals surface area (Å²) < 4.78 is 28.6. The van der Waals surface area contributed by atoms with Crippen molar-refractivity contribution in [1.82, 2.24) is 9.42 Å². The molecule has 1 heterocycles. The normalized spacial score (nSPS) is 17.1. The summed E-state index contributed by atoms with van der Waals surface area (Å²) in [7, 11) is -2.25. The van der Waals surface area contributed by atoms with Gasteiger partial charge in [0.2, 0.25) is 0 Å². The number of nitrogens with zero attached hydrogens (tertiary/aromatic N) is 2. The maximum atomic E-state index is 13.7.